The van der Waals surface area contributed by atoms with E-state index in [0.29, 0.717) is 0 Å². The van der Waals surface area contributed by atoms with Gasteiger partial charge in [-0.05, 0) is 49.6 Å². The molecule has 0 amide bonds. The first-order chi connectivity index (χ1) is 13.0. The maximum atomic E-state index is 11.7. The lowest BCUT2D eigenvalue weighted by Crippen LogP contribution is -2.11. The summed E-state index contributed by atoms with van der Waals surface area (Å²) in [6.07, 6.45) is 1.32. The lowest BCUT2D eigenvalue weighted by molar-refractivity contribution is -0.383. The summed E-state index contributed by atoms with van der Waals surface area (Å²) in [5.41, 5.74) is 3.80. The molecule has 0 radical (unpaired) electrons. The Labute approximate surface area is 157 Å². The van der Waals surface area contributed by atoms with Crippen molar-refractivity contribution in [1.82, 2.24) is 9.97 Å². The quantitative estimate of drug-likeness (QED) is 0.477. The maximum absolute atomic E-state index is 11.7. The van der Waals surface area contributed by atoms with Crippen molar-refractivity contribution in [3.8, 4) is 0 Å². The molecular weight excluding hydrogens is 342 g/mol. The van der Waals surface area contributed by atoms with Crippen LogP contribution < -0.4 is 10.6 Å². The van der Waals surface area contributed by atoms with E-state index in [1.165, 1.54) is 6.33 Å². The van der Waals surface area contributed by atoms with Crippen LogP contribution in [0.2, 0.25) is 0 Å². The molecule has 2 aromatic carbocycles. The van der Waals surface area contributed by atoms with Crippen LogP contribution in [0.25, 0.3) is 0 Å². The zero-order valence-corrected chi connectivity index (χ0v) is 15.4. The van der Waals surface area contributed by atoms with E-state index in [1.54, 1.807) is 0 Å². The summed E-state index contributed by atoms with van der Waals surface area (Å²) in [5.74, 6) is 0.332. The van der Waals surface area contributed by atoms with Crippen molar-refractivity contribution in [3.63, 3.8) is 0 Å². The van der Waals surface area contributed by atoms with Crippen molar-refractivity contribution in [2.24, 2.45) is 0 Å². The lowest BCUT2D eigenvalue weighted by Gasteiger charge is -2.16. The van der Waals surface area contributed by atoms with Gasteiger partial charge in [-0.25, -0.2) is 9.97 Å². The molecule has 1 heterocycles. The summed E-state index contributed by atoms with van der Waals surface area (Å²) < 4.78 is 0. The Morgan fingerprint density at radius 1 is 1.00 bits per heavy atom. The van der Waals surface area contributed by atoms with Crippen molar-refractivity contribution in [2.75, 3.05) is 10.6 Å². The number of aryl methyl sites for hydroxylation is 2. The van der Waals surface area contributed by atoms with Crippen molar-refractivity contribution in [3.05, 3.63) is 81.7 Å². The molecule has 7 nitrogen and oxygen atoms in total. The van der Waals surface area contributed by atoms with Crippen LogP contribution in [0, 0.1) is 24.0 Å². The van der Waals surface area contributed by atoms with Crippen LogP contribution in [0.4, 0.5) is 23.0 Å². The molecule has 2 N–H and O–H groups in total. The molecule has 0 fully saturated rings. The molecule has 0 saturated carbocycles. The van der Waals surface area contributed by atoms with Gasteiger partial charge in [0.15, 0.2) is 0 Å². The van der Waals surface area contributed by atoms with E-state index in [1.807, 2.05) is 69.3 Å². The number of hydrogen-bond acceptors (Lipinski definition) is 6. The molecule has 0 bridgehead atoms. The smallest absolute Gasteiger partial charge is 0.353 e. The second-order valence-electron chi connectivity index (χ2n) is 6.38. The van der Waals surface area contributed by atoms with Crippen molar-refractivity contribution in [1.29, 1.82) is 0 Å². The summed E-state index contributed by atoms with van der Waals surface area (Å²) in [6, 6.07) is 15.3. The Balaban J connectivity index is 1.92. The van der Waals surface area contributed by atoms with Gasteiger partial charge in [0.1, 0.15) is 6.33 Å². The van der Waals surface area contributed by atoms with Crippen LogP contribution in [-0.2, 0) is 0 Å². The maximum Gasteiger partial charge on any atom is 0.353 e. The fourth-order valence-corrected chi connectivity index (χ4v) is 2.73. The van der Waals surface area contributed by atoms with E-state index >= 15 is 0 Å². The van der Waals surface area contributed by atoms with Gasteiger partial charge in [-0.2, -0.15) is 0 Å². The Bertz CT molecular complexity index is 960. The largest absolute Gasteiger partial charge is 0.358 e. The molecule has 3 rings (SSSR count). The van der Waals surface area contributed by atoms with Gasteiger partial charge in [0.25, 0.3) is 0 Å². The van der Waals surface area contributed by atoms with E-state index in [2.05, 4.69) is 20.6 Å². The van der Waals surface area contributed by atoms with Crippen molar-refractivity contribution in [2.45, 2.75) is 26.8 Å². The fraction of sp³-hybridized carbons (Fsp3) is 0.200. The second kappa shape index (κ2) is 7.82. The topological polar surface area (TPSA) is 93.0 Å². The van der Waals surface area contributed by atoms with Gasteiger partial charge < -0.3 is 10.6 Å². The predicted molar refractivity (Wildman–Crippen MR) is 106 cm³/mol. The molecule has 1 aromatic heterocycles. The zero-order chi connectivity index (χ0) is 19.4. The van der Waals surface area contributed by atoms with Crippen LogP contribution in [-0.4, -0.2) is 14.9 Å². The average Bonchev–Trinajstić information content (AvgIpc) is 2.65. The molecule has 0 aliphatic heterocycles. The third kappa shape index (κ3) is 4.20. The number of hydrogen-bond donors (Lipinski definition) is 2. The number of nitrogens with zero attached hydrogens (tertiary/aromatic N) is 3. The van der Waals surface area contributed by atoms with Gasteiger partial charge in [-0.3, -0.25) is 10.1 Å². The number of rotatable bonds is 6. The Hall–Kier alpha value is -3.48. The highest BCUT2D eigenvalue weighted by Crippen LogP contribution is 2.33. The van der Waals surface area contributed by atoms with E-state index in [-0.39, 0.29) is 23.4 Å². The molecule has 7 heteroatoms. The SMILES string of the molecule is Cc1ccc(Nc2ncnc(NC(C)c3ccccc3)c2[N+](=O)[O-])cc1C. The highest BCUT2D eigenvalue weighted by Gasteiger charge is 2.24. The van der Waals surface area contributed by atoms with Gasteiger partial charge >= 0.3 is 5.69 Å². The Kier molecular flexibility index (Phi) is 5.30. The van der Waals surface area contributed by atoms with Crippen molar-refractivity contribution >= 4 is 23.0 Å². The third-order valence-corrected chi connectivity index (χ3v) is 4.43. The van der Waals surface area contributed by atoms with Crippen LogP contribution in [0.1, 0.15) is 29.7 Å². The minimum Gasteiger partial charge on any atom is -0.358 e. The third-order valence-electron chi connectivity index (χ3n) is 4.43. The first kappa shape index (κ1) is 18.3. The first-order valence-corrected chi connectivity index (χ1v) is 8.61. The van der Waals surface area contributed by atoms with Crippen LogP contribution in [0.3, 0.4) is 0 Å². The van der Waals surface area contributed by atoms with Crippen molar-refractivity contribution < 1.29 is 4.92 Å². The lowest BCUT2D eigenvalue weighted by atomic mass is 10.1. The van der Waals surface area contributed by atoms with Crippen LogP contribution >= 0.6 is 0 Å². The molecule has 27 heavy (non-hydrogen) atoms. The Morgan fingerprint density at radius 2 is 1.70 bits per heavy atom. The van der Waals surface area contributed by atoms with E-state index in [9.17, 15) is 10.1 Å². The van der Waals surface area contributed by atoms with Gasteiger partial charge in [0.2, 0.25) is 11.6 Å². The number of aromatic nitrogens is 2. The molecular formula is C20H21N5O2. The predicted octanol–water partition coefficient (Wildman–Crippen LogP) is 4.92. The van der Waals surface area contributed by atoms with Crippen LogP contribution in [0.5, 0.6) is 0 Å². The molecule has 0 spiro atoms. The molecule has 1 unspecified atom stereocenters. The monoisotopic (exact) mass is 363 g/mol. The summed E-state index contributed by atoms with van der Waals surface area (Å²) >= 11 is 0. The minimum atomic E-state index is -0.469. The molecule has 3 aromatic rings. The number of benzene rings is 2. The second-order valence-corrected chi connectivity index (χ2v) is 6.38. The van der Waals surface area contributed by atoms with Gasteiger partial charge in [0.05, 0.1) is 11.0 Å². The van der Waals surface area contributed by atoms with Gasteiger partial charge in [-0.1, -0.05) is 36.4 Å². The summed E-state index contributed by atoms with van der Waals surface area (Å²) in [6.45, 7) is 5.93. The summed E-state index contributed by atoms with van der Waals surface area (Å²) in [5, 5.41) is 17.9. The standard InChI is InChI=1S/C20H21N5O2/c1-13-9-10-17(11-14(13)2)24-20-18(25(26)27)19(21-12-22-20)23-15(3)16-7-5-4-6-8-16/h4-12,15H,1-3H3,(H2,21,22,23,24). The highest BCUT2D eigenvalue weighted by molar-refractivity contribution is 5.74. The number of nitrogens with one attached hydrogen (secondary N) is 2. The molecule has 138 valence electrons. The summed E-state index contributed by atoms with van der Waals surface area (Å²) in [4.78, 5) is 19.4. The molecule has 0 aliphatic carbocycles. The molecule has 0 aliphatic rings. The van der Waals surface area contributed by atoms with E-state index < -0.39 is 4.92 Å². The minimum absolute atomic E-state index is 0.144. The number of nitro groups is 1. The van der Waals surface area contributed by atoms with E-state index in [0.717, 1.165) is 22.4 Å². The fourth-order valence-electron chi connectivity index (χ4n) is 2.73. The zero-order valence-electron chi connectivity index (χ0n) is 15.4. The normalized spacial score (nSPS) is 11.7. The highest BCUT2D eigenvalue weighted by atomic mass is 16.6. The summed E-state index contributed by atoms with van der Waals surface area (Å²) in [7, 11) is 0. The first-order valence-electron chi connectivity index (χ1n) is 8.61. The molecule has 0 saturated heterocycles. The van der Waals surface area contributed by atoms with Crippen LogP contribution in [0.15, 0.2) is 54.9 Å². The number of anilines is 3. The van der Waals surface area contributed by atoms with E-state index in [4.69, 9.17) is 0 Å². The van der Waals surface area contributed by atoms with Gasteiger partial charge in [-0.15, -0.1) is 0 Å². The average molecular weight is 363 g/mol. The Morgan fingerprint density at radius 3 is 2.37 bits per heavy atom. The van der Waals surface area contributed by atoms with Gasteiger partial charge in [0, 0.05) is 5.69 Å². The molecule has 1 atom stereocenters.